The highest BCUT2D eigenvalue weighted by atomic mass is 35.5. The number of aliphatic hydroxyl groups excluding tert-OH is 1. The van der Waals surface area contributed by atoms with Crippen LogP contribution in [-0.2, 0) is 9.59 Å². The first kappa shape index (κ1) is 22.1. The summed E-state index contributed by atoms with van der Waals surface area (Å²) in [5.74, 6) is -1.50. The fourth-order valence-corrected chi connectivity index (χ4v) is 5.30. The third-order valence-electron chi connectivity index (χ3n) is 5.52. The molecule has 2 heterocycles. The van der Waals surface area contributed by atoms with Crippen molar-refractivity contribution < 1.29 is 19.4 Å². The summed E-state index contributed by atoms with van der Waals surface area (Å²) >= 11 is 7.74. The van der Waals surface area contributed by atoms with Crippen LogP contribution in [0.5, 0.6) is 5.75 Å². The number of anilines is 1. The van der Waals surface area contributed by atoms with Crippen molar-refractivity contribution in [3.63, 3.8) is 0 Å². The molecule has 3 aromatic rings. The fourth-order valence-electron chi connectivity index (χ4n) is 4.13. The normalized spacial score (nSPS) is 17.8. The van der Waals surface area contributed by atoms with E-state index >= 15 is 0 Å². The lowest BCUT2D eigenvalue weighted by molar-refractivity contribution is -0.132. The summed E-state index contributed by atoms with van der Waals surface area (Å²) in [7, 11) is 1.44. The molecule has 1 aromatic heterocycles. The van der Waals surface area contributed by atoms with Crippen molar-refractivity contribution in [1.29, 1.82) is 0 Å². The molecule has 2 aromatic carbocycles. The Morgan fingerprint density at radius 3 is 2.47 bits per heavy atom. The number of methoxy groups -OCH3 is 1. The van der Waals surface area contributed by atoms with Gasteiger partial charge < -0.3 is 9.84 Å². The molecule has 7 heteroatoms. The van der Waals surface area contributed by atoms with Crippen molar-refractivity contribution in [3.8, 4) is 5.75 Å². The number of rotatable bonds is 4. The van der Waals surface area contributed by atoms with E-state index in [4.69, 9.17) is 16.3 Å². The number of halogens is 1. The number of aryl methyl sites for hydroxylation is 3. The first-order chi connectivity index (χ1) is 15.2. The number of ketones is 1. The highest BCUT2D eigenvalue weighted by Crippen LogP contribution is 2.46. The third kappa shape index (κ3) is 3.59. The molecule has 1 fully saturated rings. The van der Waals surface area contributed by atoms with E-state index in [9.17, 15) is 14.7 Å². The minimum absolute atomic E-state index is 0.0115. The van der Waals surface area contributed by atoms with Gasteiger partial charge in [-0.1, -0.05) is 35.4 Å². The van der Waals surface area contributed by atoms with Gasteiger partial charge in [0.2, 0.25) is 0 Å². The van der Waals surface area contributed by atoms with E-state index in [1.165, 1.54) is 23.3 Å². The Morgan fingerprint density at radius 2 is 1.84 bits per heavy atom. The van der Waals surface area contributed by atoms with Gasteiger partial charge in [0.1, 0.15) is 17.6 Å². The predicted molar refractivity (Wildman–Crippen MR) is 128 cm³/mol. The number of ether oxygens (including phenoxy) is 1. The standard InChI is InChI=1S/C25H22ClNO4S/c1-13-7-8-18(15(3)10-13)27-21(19-6-5-9-32-19)20(23(29)25(27)30)22(28)16-11-14(2)12-17(26)24(16)31-4/h5-12,21,28H,1-4H3/b22-20-. The Balaban J connectivity index is 2.00. The van der Waals surface area contributed by atoms with E-state index in [0.717, 1.165) is 21.6 Å². The van der Waals surface area contributed by atoms with Crippen molar-refractivity contribution >= 4 is 46.1 Å². The summed E-state index contributed by atoms with van der Waals surface area (Å²) in [5, 5.41) is 13.5. The third-order valence-corrected chi connectivity index (χ3v) is 6.72. The number of hydrogen-bond acceptors (Lipinski definition) is 5. The van der Waals surface area contributed by atoms with Crippen LogP contribution in [0.4, 0.5) is 5.69 Å². The van der Waals surface area contributed by atoms with E-state index in [2.05, 4.69) is 0 Å². The van der Waals surface area contributed by atoms with Gasteiger partial charge in [0.15, 0.2) is 0 Å². The van der Waals surface area contributed by atoms with Crippen LogP contribution in [0, 0.1) is 20.8 Å². The van der Waals surface area contributed by atoms with Crippen molar-refractivity contribution in [3.05, 3.63) is 85.6 Å². The Morgan fingerprint density at radius 1 is 1.09 bits per heavy atom. The number of hydrogen-bond donors (Lipinski definition) is 1. The van der Waals surface area contributed by atoms with Crippen molar-refractivity contribution in [1.82, 2.24) is 0 Å². The van der Waals surface area contributed by atoms with E-state index in [1.54, 1.807) is 12.1 Å². The lowest BCUT2D eigenvalue weighted by atomic mass is 9.98. The number of aliphatic hydroxyl groups is 1. The Kier molecular flexibility index (Phi) is 5.84. The lowest BCUT2D eigenvalue weighted by Crippen LogP contribution is -2.29. The molecule has 1 N–H and O–H groups in total. The van der Waals surface area contributed by atoms with Crippen LogP contribution in [0.1, 0.15) is 33.2 Å². The number of carbonyl (C=O) groups excluding carboxylic acids is 2. The minimum atomic E-state index is -0.764. The Hall–Kier alpha value is -3.09. The summed E-state index contributed by atoms with van der Waals surface area (Å²) in [4.78, 5) is 28.8. The monoisotopic (exact) mass is 467 g/mol. The fraction of sp³-hybridized carbons (Fsp3) is 0.200. The van der Waals surface area contributed by atoms with Gasteiger partial charge in [-0.3, -0.25) is 14.5 Å². The van der Waals surface area contributed by atoms with Crippen LogP contribution in [0.2, 0.25) is 5.02 Å². The van der Waals surface area contributed by atoms with Gasteiger partial charge in [-0.05, 0) is 61.5 Å². The quantitative estimate of drug-likeness (QED) is 0.292. The van der Waals surface area contributed by atoms with Crippen molar-refractivity contribution in [2.24, 2.45) is 0 Å². The maximum absolute atomic E-state index is 13.3. The molecule has 1 atom stereocenters. The molecule has 0 radical (unpaired) electrons. The molecule has 1 saturated heterocycles. The maximum atomic E-state index is 13.3. The smallest absolute Gasteiger partial charge is 0.300 e. The zero-order valence-corrected chi connectivity index (χ0v) is 19.7. The highest BCUT2D eigenvalue weighted by Gasteiger charge is 2.48. The molecule has 1 aliphatic rings. The zero-order chi connectivity index (χ0) is 23.2. The van der Waals surface area contributed by atoms with Gasteiger partial charge in [0, 0.05) is 10.6 Å². The maximum Gasteiger partial charge on any atom is 0.300 e. The second-order valence-electron chi connectivity index (χ2n) is 7.80. The SMILES string of the molecule is COc1c(Cl)cc(C)cc1/C(O)=C1/C(=O)C(=O)N(c2ccc(C)cc2C)C1c1cccs1. The van der Waals surface area contributed by atoms with Gasteiger partial charge >= 0.3 is 0 Å². The molecule has 0 aliphatic carbocycles. The van der Waals surface area contributed by atoms with Crippen LogP contribution in [0.15, 0.2) is 53.4 Å². The number of Topliss-reactive ketones (excluding diaryl/α,β-unsaturated/α-hetero) is 1. The van der Waals surface area contributed by atoms with Crippen LogP contribution in [-0.4, -0.2) is 23.9 Å². The largest absolute Gasteiger partial charge is 0.507 e. The van der Waals surface area contributed by atoms with Gasteiger partial charge in [0.05, 0.1) is 23.3 Å². The first-order valence-corrected chi connectivity index (χ1v) is 11.3. The van der Waals surface area contributed by atoms with E-state index in [0.29, 0.717) is 10.7 Å². The molecule has 1 unspecified atom stereocenters. The average molecular weight is 468 g/mol. The molecule has 4 rings (SSSR count). The molecule has 0 bridgehead atoms. The van der Waals surface area contributed by atoms with E-state index in [-0.39, 0.29) is 22.6 Å². The van der Waals surface area contributed by atoms with Crippen molar-refractivity contribution in [2.45, 2.75) is 26.8 Å². The number of thiophene rings is 1. The highest BCUT2D eigenvalue weighted by molar-refractivity contribution is 7.10. The topological polar surface area (TPSA) is 66.8 Å². The zero-order valence-electron chi connectivity index (χ0n) is 18.1. The minimum Gasteiger partial charge on any atom is -0.507 e. The summed E-state index contributed by atoms with van der Waals surface area (Å²) in [6.45, 7) is 5.69. The number of benzene rings is 2. The molecule has 1 amide bonds. The number of carbonyl (C=O) groups is 2. The molecule has 0 saturated carbocycles. The van der Waals surface area contributed by atoms with E-state index in [1.807, 2.05) is 56.5 Å². The summed E-state index contributed by atoms with van der Waals surface area (Å²) in [5.41, 5.74) is 3.62. The number of nitrogens with zero attached hydrogens (tertiary/aromatic N) is 1. The molecular weight excluding hydrogens is 446 g/mol. The predicted octanol–water partition coefficient (Wildman–Crippen LogP) is 5.96. The van der Waals surface area contributed by atoms with Crippen LogP contribution >= 0.6 is 22.9 Å². The van der Waals surface area contributed by atoms with Gasteiger partial charge in [0.25, 0.3) is 11.7 Å². The second-order valence-corrected chi connectivity index (χ2v) is 9.19. The van der Waals surface area contributed by atoms with Crippen LogP contribution in [0.25, 0.3) is 5.76 Å². The Labute approximate surface area is 195 Å². The first-order valence-electron chi connectivity index (χ1n) is 10.0. The average Bonchev–Trinajstić information content (AvgIpc) is 3.35. The Bertz CT molecular complexity index is 1260. The van der Waals surface area contributed by atoms with Gasteiger partial charge in [-0.15, -0.1) is 11.3 Å². The van der Waals surface area contributed by atoms with Gasteiger partial charge in [-0.25, -0.2) is 0 Å². The van der Waals surface area contributed by atoms with Crippen molar-refractivity contribution in [2.75, 3.05) is 12.0 Å². The summed E-state index contributed by atoms with van der Waals surface area (Å²) < 4.78 is 5.41. The molecule has 32 heavy (non-hydrogen) atoms. The number of amides is 1. The van der Waals surface area contributed by atoms with Crippen LogP contribution < -0.4 is 9.64 Å². The van der Waals surface area contributed by atoms with Gasteiger partial charge in [-0.2, -0.15) is 0 Å². The second kappa shape index (κ2) is 8.45. The molecule has 0 spiro atoms. The lowest BCUT2D eigenvalue weighted by Gasteiger charge is -2.26. The summed E-state index contributed by atoms with van der Waals surface area (Å²) in [6, 6.07) is 12.0. The molecular formula is C25H22ClNO4S. The van der Waals surface area contributed by atoms with E-state index < -0.39 is 17.7 Å². The molecule has 5 nitrogen and oxygen atoms in total. The molecule has 164 valence electrons. The summed E-state index contributed by atoms with van der Waals surface area (Å²) in [6.07, 6.45) is 0. The van der Waals surface area contributed by atoms with Crippen LogP contribution in [0.3, 0.4) is 0 Å². The molecule has 1 aliphatic heterocycles.